The van der Waals surface area contributed by atoms with Crippen LogP contribution < -0.4 is 9.47 Å². The molecule has 1 aliphatic heterocycles. The highest BCUT2D eigenvalue weighted by molar-refractivity contribution is 7.81. The molecule has 2 rings (SSSR count). The fourth-order valence-corrected chi connectivity index (χ4v) is 2.50. The lowest BCUT2D eigenvalue weighted by Crippen LogP contribution is -2.26. The summed E-state index contributed by atoms with van der Waals surface area (Å²) >= 11 is -3.49. The van der Waals surface area contributed by atoms with Crippen LogP contribution in [-0.4, -0.2) is 22.3 Å². The third-order valence-electron chi connectivity index (χ3n) is 3.49. The van der Waals surface area contributed by atoms with Crippen LogP contribution in [0.15, 0.2) is 18.2 Å². The fraction of sp³-hybridized carbons (Fsp3) is 0.471. The molecule has 0 amide bonds. The maximum absolute atomic E-state index is 12.5. The van der Waals surface area contributed by atoms with Gasteiger partial charge >= 0.3 is 22.6 Å². The van der Waals surface area contributed by atoms with E-state index in [1.807, 2.05) is 0 Å². The molecule has 1 unspecified atom stereocenters. The standard InChI is InChI=1S/C17H19F3O5S/c1-10-12(24-15(21)16(2,3)4)8-7-11-13(6-5-9-23-14(10)11)25-26(22)17(18,19)20/h6-8H,5,9H2,1-4H3. The quantitative estimate of drug-likeness (QED) is 0.568. The van der Waals surface area contributed by atoms with Gasteiger partial charge in [0.15, 0.2) is 0 Å². The first-order valence-electron chi connectivity index (χ1n) is 7.77. The Hall–Kier alpha value is -2.03. The summed E-state index contributed by atoms with van der Waals surface area (Å²) in [6.45, 7) is 6.91. The number of hydrogen-bond acceptors (Lipinski definition) is 5. The smallest absolute Gasteiger partial charge is 0.492 e. The van der Waals surface area contributed by atoms with Gasteiger partial charge in [-0.25, -0.2) is 4.21 Å². The van der Waals surface area contributed by atoms with Gasteiger partial charge in [-0.15, -0.1) is 0 Å². The van der Waals surface area contributed by atoms with Crippen LogP contribution in [0.1, 0.15) is 38.3 Å². The number of carbonyl (C=O) groups excluding carboxylic acids is 1. The molecule has 0 bridgehead atoms. The molecule has 26 heavy (non-hydrogen) atoms. The predicted molar refractivity (Wildman–Crippen MR) is 89.6 cm³/mol. The van der Waals surface area contributed by atoms with Crippen molar-refractivity contribution < 1.29 is 35.8 Å². The molecule has 1 aliphatic rings. The first-order chi connectivity index (χ1) is 11.9. The molecule has 1 aromatic carbocycles. The zero-order chi connectivity index (χ0) is 19.7. The summed E-state index contributed by atoms with van der Waals surface area (Å²) in [5, 5.41) is 0. The average Bonchev–Trinajstić information content (AvgIpc) is 2.71. The molecule has 0 radical (unpaired) electrons. The van der Waals surface area contributed by atoms with E-state index in [0.717, 1.165) is 0 Å². The summed E-state index contributed by atoms with van der Waals surface area (Å²) in [4.78, 5) is 12.1. The maximum Gasteiger partial charge on any atom is 0.508 e. The highest BCUT2D eigenvalue weighted by atomic mass is 32.2. The SMILES string of the molecule is Cc1c(OC(=O)C(C)(C)C)ccc2c1OCCC=C2OS(=O)C(F)(F)F. The van der Waals surface area contributed by atoms with Crippen molar-refractivity contribution in [2.75, 3.05) is 6.61 Å². The third kappa shape index (κ3) is 4.57. The van der Waals surface area contributed by atoms with E-state index in [-0.39, 0.29) is 35.8 Å². The Morgan fingerprint density at radius 1 is 1.23 bits per heavy atom. The Morgan fingerprint density at radius 2 is 1.88 bits per heavy atom. The second-order valence-corrected chi connectivity index (χ2v) is 7.77. The summed E-state index contributed by atoms with van der Waals surface area (Å²) in [5.41, 5.74) is -5.06. The molecule has 0 spiro atoms. The van der Waals surface area contributed by atoms with Crippen molar-refractivity contribution in [1.82, 2.24) is 0 Å². The molecule has 0 aliphatic carbocycles. The van der Waals surface area contributed by atoms with Crippen LogP contribution in [0.4, 0.5) is 13.2 Å². The van der Waals surface area contributed by atoms with Crippen molar-refractivity contribution in [3.05, 3.63) is 29.3 Å². The van der Waals surface area contributed by atoms with Crippen molar-refractivity contribution in [3.8, 4) is 11.5 Å². The minimum atomic E-state index is -4.99. The number of carbonyl (C=O) groups is 1. The minimum Gasteiger partial charge on any atom is -0.492 e. The van der Waals surface area contributed by atoms with Crippen molar-refractivity contribution in [2.45, 2.75) is 39.6 Å². The largest absolute Gasteiger partial charge is 0.508 e. The van der Waals surface area contributed by atoms with E-state index in [4.69, 9.17) is 9.47 Å². The zero-order valence-corrected chi connectivity index (χ0v) is 15.5. The molecule has 0 fully saturated rings. The molecule has 0 saturated heterocycles. The first-order valence-corrected chi connectivity index (χ1v) is 8.85. The van der Waals surface area contributed by atoms with E-state index in [0.29, 0.717) is 5.56 Å². The van der Waals surface area contributed by atoms with Crippen molar-refractivity contribution >= 4 is 22.8 Å². The number of halogens is 3. The summed E-state index contributed by atoms with van der Waals surface area (Å²) < 4.78 is 64.5. The monoisotopic (exact) mass is 392 g/mol. The molecule has 1 heterocycles. The first kappa shape index (κ1) is 20.3. The summed E-state index contributed by atoms with van der Waals surface area (Å²) in [6.07, 6.45) is 1.66. The van der Waals surface area contributed by atoms with E-state index in [2.05, 4.69) is 4.18 Å². The van der Waals surface area contributed by atoms with E-state index < -0.39 is 28.0 Å². The topological polar surface area (TPSA) is 61.8 Å². The van der Waals surface area contributed by atoms with Crippen molar-refractivity contribution in [3.63, 3.8) is 0 Å². The van der Waals surface area contributed by atoms with E-state index in [1.165, 1.54) is 18.2 Å². The van der Waals surface area contributed by atoms with Gasteiger partial charge in [-0.05, 0) is 45.9 Å². The lowest BCUT2D eigenvalue weighted by atomic mass is 9.97. The number of alkyl halides is 3. The van der Waals surface area contributed by atoms with Gasteiger partial charge in [0.25, 0.3) is 0 Å². The lowest BCUT2D eigenvalue weighted by Gasteiger charge is -2.20. The van der Waals surface area contributed by atoms with Gasteiger partial charge in [-0.3, -0.25) is 4.79 Å². The Morgan fingerprint density at radius 3 is 2.46 bits per heavy atom. The predicted octanol–water partition coefficient (Wildman–Crippen LogP) is 4.27. The van der Waals surface area contributed by atoms with Gasteiger partial charge in [0, 0.05) is 12.0 Å². The van der Waals surface area contributed by atoms with Crippen LogP contribution in [0.3, 0.4) is 0 Å². The molecule has 0 aromatic heterocycles. The van der Waals surface area contributed by atoms with Crippen LogP contribution in [0.5, 0.6) is 11.5 Å². The van der Waals surface area contributed by atoms with Crippen molar-refractivity contribution in [2.24, 2.45) is 5.41 Å². The van der Waals surface area contributed by atoms with E-state index in [1.54, 1.807) is 27.7 Å². The number of fused-ring (bicyclic) bond motifs is 1. The Balaban J connectivity index is 2.37. The molecule has 144 valence electrons. The van der Waals surface area contributed by atoms with Gasteiger partial charge in [-0.2, -0.15) is 13.2 Å². The molecule has 1 aromatic rings. The Bertz CT molecular complexity index is 763. The number of hydrogen-bond donors (Lipinski definition) is 0. The van der Waals surface area contributed by atoms with E-state index >= 15 is 0 Å². The van der Waals surface area contributed by atoms with Crippen LogP contribution in [0, 0.1) is 12.3 Å². The van der Waals surface area contributed by atoms with Crippen LogP contribution in [-0.2, 0) is 20.1 Å². The van der Waals surface area contributed by atoms with Crippen LogP contribution in [0.25, 0.3) is 5.76 Å². The molecule has 9 heteroatoms. The average molecular weight is 392 g/mol. The number of rotatable bonds is 3. The summed E-state index contributed by atoms with van der Waals surface area (Å²) in [6, 6.07) is 2.86. The van der Waals surface area contributed by atoms with Gasteiger partial charge in [0.2, 0.25) is 0 Å². The minimum absolute atomic E-state index is 0.190. The third-order valence-corrected chi connectivity index (χ3v) is 4.19. The maximum atomic E-state index is 12.5. The second-order valence-electron chi connectivity index (χ2n) is 6.67. The van der Waals surface area contributed by atoms with Crippen molar-refractivity contribution in [1.29, 1.82) is 0 Å². The second kappa shape index (κ2) is 7.30. The Kier molecular flexibility index (Phi) is 5.70. The molecule has 5 nitrogen and oxygen atoms in total. The fourth-order valence-electron chi connectivity index (χ4n) is 2.09. The lowest BCUT2D eigenvalue weighted by molar-refractivity contribution is -0.143. The zero-order valence-electron chi connectivity index (χ0n) is 14.7. The van der Waals surface area contributed by atoms with Gasteiger partial charge < -0.3 is 13.7 Å². The number of benzene rings is 1. The van der Waals surface area contributed by atoms with Gasteiger partial charge in [0.1, 0.15) is 17.3 Å². The summed E-state index contributed by atoms with van der Waals surface area (Å²) in [7, 11) is 0. The number of esters is 1. The Labute approximate surface area is 151 Å². The van der Waals surface area contributed by atoms with Gasteiger partial charge in [-0.1, -0.05) is 0 Å². The highest BCUT2D eigenvalue weighted by Gasteiger charge is 2.41. The molecular weight excluding hydrogens is 373 g/mol. The summed E-state index contributed by atoms with van der Waals surface area (Å²) in [5.74, 6) is -0.182. The molecular formula is C17H19F3O5S. The molecule has 1 atom stereocenters. The number of ether oxygens (including phenoxy) is 2. The van der Waals surface area contributed by atoms with Gasteiger partial charge in [0.05, 0.1) is 17.6 Å². The normalized spacial score (nSPS) is 15.9. The molecule has 0 saturated carbocycles. The van der Waals surface area contributed by atoms with E-state index in [9.17, 15) is 22.2 Å². The highest BCUT2D eigenvalue weighted by Crippen LogP contribution is 2.39. The van der Waals surface area contributed by atoms with Crippen LogP contribution in [0.2, 0.25) is 0 Å². The van der Waals surface area contributed by atoms with Crippen LogP contribution >= 0.6 is 0 Å². The molecule has 0 N–H and O–H groups in total.